The van der Waals surface area contributed by atoms with Crippen LogP contribution in [-0.4, -0.2) is 30.9 Å². The van der Waals surface area contributed by atoms with Crippen molar-refractivity contribution in [3.05, 3.63) is 71.3 Å². The highest BCUT2D eigenvalue weighted by molar-refractivity contribution is 5.93. The van der Waals surface area contributed by atoms with Crippen LogP contribution >= 0.6 is 0 Å². The van der Waals surface area contributed by atoms with E-state index in [0.29, 0.717) is 12.2 Å². The van der Waals surface area contributed by atoms with E-state index in [1.165, 1.54) is 0 Å². The number of hydrogen-bond acceptors (Lipinski definition) is 5. The Labute approximate surface area is 176 Å². The molecule has 6 heteroatoms. The SMILES string of the molecule is CCN(CCO)c1ccc(NC(=O)OC2c3cccc4cccc(c34)C2N)c(C)c1. The van der Waals surface area contributed by atoms with Crippen LogP contribution in [-0.2, 0) is 4.74 Å². The molecular weight excluding hydrogens is 378 g/mol. The molecule has 1 aliphatic rings. The molecule has 0 bridgehead atoms. The zero-order valence-corrected chi connectivity index (χ0v) is 17.3. The first-order chi connectivity index (χ1) is 14.5. The second kappa shape index (κ2) is 8.34. The highest BCUT2D eigenvalue weighted by Gasteiger charge is 2.34. The van der Waals surface area contributed by atoms with Crippen molar-refractivity contribution in [1.82, 2.24) is 0 Å². The molecule has 2 atom stereocenters. The van der Waals surface area contributed by atoms with Gasteiger partial charge in [-0.15, -0.1) is 0 Å². The minimum atomic E-state index is -0.529. The molecule has 0 heterocycles. The molecule has 0 aliphatic heterocycles. The average Bonchev–Trinajstić information content (AvgIpc) is 3.01. The lowest BCUT2D eigenvalue weighted by atomic mass is 10.1. The van der Waals surface area contributed by atoms with E-state index in [4.69, 9.17) is 10.5 Å². The Morgan fingerprint density at radius 2 is 1.90 bits per heavy atom. The number of aliphatic hydroxyl groups excluding tert-OH is 1. The number of nitrogens with zero attached hydrogens (tertiary/aromatic N) is 1. The van der Waals surface area contributed by atoms with E-state index in [9.17, 15) is 9.90 Å². The average molecular weight is 405 g/mol. The molecule has 6 nitrogen and oxygen atoms in total. The Bertz CT molecular complexity index is 1080. The third-order valence-electron chi connectivity index (χ3n) is 5.76. The Morgan fingerprint density at radius 3 is 2.57 bits per heavy atom. The van der Waals surface area contributed by atoms with Crippen LogP contribution in [0.5, 0.6) is 0 Å². The van der Waals surface area contributed by atoms with Gasteiger partial charge in [-0.05, 0) is 53.9 Å². The molecule has 156 valence electrons. The predicted octanol–water partition coefficient (Wildman–Crippen LogP) is 4.27. The lowest BCUT2D eigenvalue weighted by Crippen LogP contribution is -2.26. The van der Waals surface area contributed by atoms with E-state index < -0.39 is 18.2 Å². The summed E-state index contributed by atoms with van der Waals surface area (Å²) in [6, 6.07) is 17.4. The molecule has 0 fully saturated rings. The molecule has 30 heavy (non-hydrogen) atoms. The Kier molecular flexibility index (Phi) is 5.61. The second-order valence-electron chi connectivity index (χ2n) is 7.57. The zero-order valence-electron chi connectivity index (χ0n) is 17.3. The molecule has 0 saturated heterocycles. The van der Waals surface area contributed by atoms with Crippen molar-refractivity contribution in [1.29, 1.82) is 0 Å². The van der Waals surface area contributed by atoms with Gasteiger partial charge in [-0.1, -0.05) is 36.4 Å². The van der Waals surface area contributed by atoms with Crippen LogP contribution < -0.4 is 16.0 Å². The summed E-state index contributed by atoms with van der Waals surface area (Å²) in [5.74, 6) is 0. The van der Waals surface area contributed by atoms with Gasteiger partial charge in [0.2, 0.25) is 0 Å². The molecule has 3 aromatic rings. The summed E-state index contributed by atoms with van der Waals surface area (Å²) < 4.78 is 5.77. The summed E-state index contributed by atoms with van der Waals surface area (Å²) in [5, 5.41) is 14.2. The van der Waals surface area contributed by atoms with Gasteiger partial charge in [0.1, 0.15) is 6.10 Å². The number of likely N-dealkylation sites (N-methyl/N-ethyl adjacent to an activating group) is 1. The number of aliphatic hydroxyl groups is 1. The summed E-state index contributed by atoms with van der Waals surface area (Å²) in [6.45, 7) is 5.43. The lowest BCUT2D eigenvalue weighted by molar-refractivity contribution is 0.0986. The first-order valence-electron chi connectivity index (χ1n) is 10.2. The minimum absolute atomic E-state index is 0.0933. The fourth-order valence-electron chi connectivity index (χ4n) is 4.24. The number of carbonyl (C=O) groups is 1. The number of nitrogens with two attached hydrogens (primary N) is 1. The Balaban J connectivity index is 1.50. The molecule has 0 aromatic heterocycles. The number of ether oxygens (including phenoxy) is 1. The summed E-state index contributed by atoms with van der Waals surface area (Å²) in [6.07, 6.45) is -1.05. The molecule has 1 aliphatic carbocycles. The van der Waals surface area contributed by atoms with Crippen LogP contribution in [0.3, 0.4) is 0 Å². The number of amides is 1. The number of nitrogens with one attached hydrogen (secondary N) is 1. The third-order valence-corrected chi connectivity index (χ3v) is 5.76. The van der Waals surface area contributed by atoms with Crippen molar-refractivity contribution in [3.63, 3.8) is 0 Å². The highest BCUT2D eigenvalue weighted by Crippen LogP contribution is 2.44. The zero-order chi connectivity index (χ0) is 21.3. The first-order valence-corrected chi connectivity index (χ1v) is 10.2. The lowest BCUT2D eigenvalue weighted by Gasteiger charge is -2.23. The fraction of sp³-hybridized carbons (Fsp3) is 0.292. The molecule has 3 aromatic carbocycles. The maximum absolute atomic E-state index is 12.7. The van der Waals surface area contributed by atoms with Crippen molar-refractivity contribution in [2.45, 2.75) is 26.0 Å². The van der Waals surface area contributed by atoms with Gasteiger partial charge < -0.3 is 20.5 Å². The summed E-state index contributed by atoms with van der Waals surface area (Å²) in [7, 11) is 0. The minimum Gasteiger partial charge on any atom is -0.439 e. The number of anilines is 2. The standard InChI is InChI=1S/C24H27N3O3/c1-3-27(12-13-28)17-10-11-20(15(2)14-17)26-24(29)30-23-19-9-5-7-16-6-4-8-18(21(16)19)22(23)25/h4-11,14,22-23,28H,3,12-13,25H2,1-2H3,(H,26,29). The number of aryl methyl sites for hydroxylation is 1. The molecule has 4 rings (SSSR count). The van der Waals surface area contributed by atoms with Gasteiger partial charge in [0.05, 0.1) is 12.6 Å². The van der Waals surface area contributed by atoms with Crippen LogP contribution in [0.15, 0.2) is 54.6 Å². The quantitative estimate of drug-likeness (QED) is 0.570. The van der Waals surface area contributed by atoms with E-state index in [2.05, 4.69) is 10.2 Å². The number of hydrogen-bond donors (Lipinski definition) is 3. The molecule has 0 saturated carbocycles. The summed E-state index contributed by atoms with van der Waals surface area (Å²) in [4.78, 5) is 14.8. The normalized spacial score (nSPS) is 17.2. The largest absolute Gasteiger partial charge is 0.439 e. The van der Waals surface area contributed by atoms with Crippen molar-refractivity contribution < 1.29 is 14.6 Å². The van der Waals surface area contributed by atoms with Gasteiger partial charge in [-0.25, -0.2) is 4.79 Å². The van der Waals surface area contributed by atoms with Crippen LogP contribution in [0.1, 0.15) is 35.8 Å². The molecule has 0 radical (unpaired) electrons. The van der Waals surface area contributed by atoms with Crippen LogP contribution in [0, 0.1) is 6.92 Å². The van der Waals surface area contributed by atoms with Crippen LogP contribution in [0.2, 0.25) is 0 Å². The van der Waals surface area contributed by atoms with Crippen molar-refractivity contribution in [2.24, 2.45) is 5.73 Å². The van der Waals surface area contributed by atoms with E-state index in [0.717, 1.165) is 39.7 Å². The van der Waals surface area contributed by atoms with Gasteiger partial charge >= 0.3 is 6.09 Å². The maximum Gasteiger partial charge on any atom is 0.412 e. The van der Waals surface area contributed by atoms with E-state index >= 15 is 0 Å². The van der Waals surface area contributed by atoms with Gasteiger partial charge in [0, 0.05) is 30.0 Å². The molecule has 4 N–H and O–H groups in total. The van der Waals surface area contributed by atoms with Gasteiger partial charge in [0.25, 0.3) is 0 Å². The molecule has 0 spiro atoms. The Hall–Kier alpha value is -3.09. The smallest absolute Gasteiger partial charge is 0.412 e. The van der Waals surface area contributed by atoms with Crippen molar-refractivity contribution >= 4 is 28.2 Å². The Morgan fingerprint density at radius 1 is 1.17 bits per heavy atom. The number of benzene rings is 3. The first kappa shape index (κ1) is 20.2. The van der Waals surface area contributed by atoms with Crippen molar-refractivity contribution in [2.75, 3.05) is 29.9 Å². The topological polar surface area (TPSA) is 87.8 Å². The van der Waals surface area contributed by atoms with E-state index in [-0.39, 0.29) is 6.61 Å². The van der Waals surface area contributed by atoms with E-state index in [1.54, 1.807) is 0 Å². The van der Waals surface area contributed by atoms with Crippen LogP contribution in [0.25, 0.3) is 10.8 Å². The monoisotopic (exact) mass is 405 g/mol. The predicted molar refractivity (Wildman–Crippen MR) is 120 cm³/mol. The molecular formula is C24H27N3O3. The maximum atomic E-state index is 12.7. The van der Waals surface area contributed by atoms with Gasteiger partial charge in [-0.3, -0.25) is 5.32 Å². The molecule has 2 unspecified atom stereocenters. The third kappa shape index (κ3) is 3.60. The fourth-order valence-corrected chi connectivity index (χ4v) is 4.24. The van der Waals surface area contributed by atoms with Crippen molar-refractivity contribution in [3.8, 4) is 0 Å². The van der Waals surface area contributed by atoms with Gasteiger partial charge in [0.15, 0.2) is 0 Å². The molecule has 1 amide bonds. The second-order valence-corrected chi connectivity index (χ2v) is 7.57. The van der Waals surface area contributed by atoms with E-state index in [1.807, 2.05) is 68.4 Å². The summed E-state index contributed by atoms with van der Waals surface area (Å²) >= 11 is 0. The number of rotatable bonds is 6. The van der Waals surface area contributed by atoms with Gasteiger partial charge in [-0.2, -0.15) is 0 Å². The number of carbonyl (C=O) groups excluding carboxylic acids is 1. The highest BCUT2D eigenvalue weighted by atomic mass is 16.6. The summed E-state index contributed by atoms with van der Waals surface area (Å²) in [5.41, 5.74) is 11.0. The van der Waals surface area contributed by atoms with Crippen LogP contribution in [0.4, 0.5) is 16.2 Å².